The minimum absolute atomic E-state index is 0.0157. The lowest BCUT2D eigenvalue weighted by atomic mass is 10.3. The maximum atomic E-state index is 11.9. The van der Waals surface area contributed by atoms with Gasteiger partial charge < -0.3 is 4.90 Å². The zero-order chi connectivity index (χ0) is 11.3. The number of thiol groups is 1. The van der Waals surface area contributed by atoms with E-state index in [-0.39, 0.29) is 5.91 Å². The van der Waals surface area contributed by atoms with Crippen molar-refractivity contribution in [2.24, 2.45) is 0 Å². The zero-order valence-electron chi connectivity index (χ0n) is 8.43. The molecule has 1 aromatic heterocycles. The highest BCUT2D eigenvalue weighted by atomic mass is 32.1. The summed E-state index contributed by atoms with van der Waals surface area (Å²) in [5, 5.41) is 10.3. The van der Waals surface area contributed by atoms with E-state index in [1.807, 2.05) is 18.4 Å². The third-order valence-electron chi connectivity index (χ3n) is 1.96. The second kappa shape index (κ2) is 5.79. The van der Waals surface area contributed by atoms with Crippen LogP contribution in [-0.2, 0) is 0 Å². The molecule has 0 unspecified atom stereocenters. The molecule has 0 aliphatic heterocycles. The van der Waals surface area contributed by atoms with Gasteiger partial charge in [0.05, 0.1) is 17.4 Å². The van der Waals surface area contributed by atoms with Crippen LogP contribution in [0.15, 0.2) is 16.3 Å². The molecule has 0 aliphatic rings. The van der Waals surface area contributed by atoms with E-state index in [0.29, 0.717) is 24.4 Å². The number of amides is 1. The van der Waals surface area contributed by atoms with Crippen molar-refractivity contribution in [3.8, 4) is 6.07 Å². The molecule has 3 nitrogen and oxygen atoms in total. The SMILES string of the molecule is CCN(CCC#N)C(=O)c1cc(S)cs1. The Balaban J connectivity index is 2.69. The van der Waals surface area contributed by atoms with Crippen molar-refractivity contribution < 1.29 is 4.79 Å². The largest absolute Gasteiger partial charge is 0.337 e. The van der Waals surface area contributed by atoms with Crippen molar-refractivity contribution in [3.05, 3.63) is 16.3 Å². The summed E-state index contributed by atoms with van der Waals surface area (Å²) >= 11 is 5.54. The Bertz CT molecular complexity index is 381. The number of rotatable bonds is 4. The number of nitrogens with zero attached hydrogens (tertiary/aromatic N) is 2. The molecule has 0 radical (unpaired) electrons. The number of hydrogen-bond donors (Lipinski definition) is 1. The van der Waals surface area contributed by atoms with Crippen molar-refractivity contribution in [3.63, 3.8) is 0 Å². The fraction of sp³-hybridized carbons (Fsp3) is 0.400. The van der Waals surface area contributed by atoms with E-state index in [1.54, 1.807) is 11.0 Å². The van der Waals surface area contributed by atoms with E-state index in [2.05, 4.69) is 12.6 Å². The molecule has 0 spiro atoms. The van der Waals surface area contributed by atoms with E-state index in [4.69, 9.17) is 5.26 Å². The number of carbonyl (C=O) groups excluding carboxylic acids is 1. The van der Waals surface area contributed by atoms with Gasteiger partial charge in [-0.1, -0.05) is 0 Å². The molecular weight excluding hydrogens is 228 g/mol. The smallest absolute Gasteiger partial charge is 0.263 e. The quantitative estimate of drug-likeness (QED) is 0.821. The van der Waals surface area contributed by atoms with Crippen molar-refractivity contribution in [2.45, 2.75) is 18.2 Å². The molecule has 1 heterocycles. The Labute approximate surface area is 98.7 Å². The summed E-state index contributed by atoms with van der Waals surface area (Å²) in [6.45, 7) is 3.02. The Morgan fingerprint density at radius 3 is 2.93 bits per heavy atom. The summed E-state index contributed by atoms with van der Waals surface area (Å²) in [4.78, 5) is 15.0. The van der Waals surface area contributed by atoms with Gasteiger partial charge in [-0.25, -0.2) is 0 Å². The number of thiophene rings is 1. The van der Waals surface area contributed by atoms with E-state index in [1.165, 1.54) is 11.3 Å². The zero-order valence-corrected chi connectivity index (χ0v) is 10.1. The summed E-state index contributed by atoms with van der Waals surface area (Å²) in [5.74, 6) is -0.0157. The van der Waals surface area contributed by atoms with Gasteiger partial charge in [0.15, 0.2) is 0 Å². The van der Waals surface area contributed by atoms with Gasteiger partial charge in [-0.05, 0) is 13.0 Å². The minimum Gasteiger partial charge on any atom is -0.337 e. The molecule has 0 bridgehead atoms. The van der Waals surface area contributed by atoms with E-state index in [0.717, 1.165) is 4.90 Å². The Morgan fingerprint density at radius 2 is 2.47 bits per heavy atom. The lowest BCUT2D eigenvalue weighted by Crippen LogP contribution is -2.31. The van der Waals surface area contributed by atoms with Crippen molar-refractivity contribution >= 4 is 29.9 Å². The fourth-order valence-corrected chi connectivity index (χ4v) is 2.30. The second-order valence-corrected chi connectivity index (χ2v) is 4.39. The van der Waals surface area contributed by atoms with Gasteiger partial charge in [0.25, 0.3) is 5.91 Å². The van der Waals surface area contributed by atoms with Crippen LogP contribution in [0.25, 0.3) is 0 Å². The summed E-state index contributed by atoms with van der Waals surface area (Å²) in [6.07, 6.45) is 0.374. The van der Waals surface area contributed by atoms with E-state index >= 15 is 0 Å². The Morgan fingerprint density at radius 1 is 1.73 bits per heavy atom. The van der Waals surface area contributed by atoms with Crippen LogP contribution < -0.4 is 0 Å². The van der Waals surface area contributed by atoms with Crippen LogP contribution in [0.1, 0.15) is 23.0 Å². The molecule has 5 heteroatoms. The molecule has 0 atom stereocenters. The molecule has 0 aromatic carbocycles. The van der Waals surface area contributed by atoms with Gasteiger partial charge >= 0.3 is 0 Å². The molecule has 15 heavy (non-hydrogen) atoms. The summed E-state index contributed by atoms with van der Waals surface area (Å²) in [5.41, 5.74) is 0. The third kappa shape index (κ3) is 3.26. The molecule has 0 N–H and O–H groups in total. The number of hydrogen-bond acceptors (Lipinski definition) is 4. The first-order valence-corrected chi connectivity index (χ1v) is 5.95. The minimum atomic E-state index is -0.0157. The lowest BCUT2D eigenvalue weighted by Gasteiger charge is -2.18. The van der Waals surface area contributed by atoms with Crippen LogP contribution in [0, 0.1) is 11.3 Å². The van der Waals surface area contributed by atoms with Gasteiger partial charge in [0, 0.05) is 23.4 Å². The second-order valence-electron chi connectivity index (χ2n) is 2.96. The predicted molar refractivity (Wildman–Crippen MR) is 63.4 cm³/mol. The van der Waals surface area contributed by atoms with E-state index in [9.17, 15) is 4.79 Å². The summed E-state index contributed by atoms with van der Waals surface area (Å²) in [7, 11) is 0. The maximum Gasteiger partial charge on any atom is 0.263 e. The highest BCUT2D eigenvalue weighted by Gasteiger charge is 2.15. The van der Waals surface area contributed by atoms with Crippen LogP contribution in [0.5, 0.6) is 0 Å². The highest BCUT2D eigenvalue weighted by Crippen LogP contribution is 2.19. The summed E-state index contributed by atoms with van der Waals surface area (Å²) in [6, 6.07) is 3.79. The number of carbonyl (C=O) groups is 1. The standard InChI is InChI=1S/C10H12N2OS2/c1-2-12(5-3-4-11)10(13)9-6-8(14)7-15-9/h6-7,14H,2-3,5H2,1H3. The van der Waals surface area contributed by atoms with Crippen molar-refractivity contribution in [2.75, 3.05) is 13.1 Å². The van der Waals surface area contributed by atoms with E-state index < -0.39 is 0 Å². The fourth-order valence-electron chi connectivity index (χ4n) is 1.18. The van der Waals surface area contributed by atoms with Gasteiger partial charge in [-0.2, -0.15) is 5.26 Å². The maximum absolute atomic E-state index is 11.9. The van der Waals surface area contributed by atoms with Crippen LogP contribution in [0.2, 0.25) is 0 Å². The van der Waals surface area contributed by atoms with Crippen LogP contribution in [0.3, 0.4) is 0 Å². The molecule has 0 fully saturated rings. The molecule has 1 rings (SSSR count). The average Bonchev–Trinajstić information content (AvgIpc) is 2.65. The monoisotopic (exact) mass is 240 g/mol. The molecule has 1 aromatic rings. The van der Waals surface area contributed by atoms with Gasteiger partial charge in [0.1, 0.15) is 0 Å². The van der Waals surface area contributed by atoms with Crippen LogP contribution in [0.4, 0.5) is 0 Å². The first-order valence-electron chi connectivity index (χ1n) is 4.62. The van der Waals surface area contributed by atoms with Crippen molar-refractivity contribution in [1.82, 2.24) is 4.90 Å². The highest BCUT2D eigenvalue weighted by molar-refractivity contribution is 7.80. The summed E-state index contributed by atoms with van der Waals surface area (Å²) < 4.78 is 0. The Hall–Kier alpha value is -0.990. The Kier molecular flexibility index (Phi) is 4.66. The third-order valence-corrected chi connectivity index (χ3v) is 3.31. The first kappa shape index (κ1) is 12.1. The van der Waals surface area contributed by atoms with Gasteiger partial charge in [-0.15, -0.1) is 24.0 Å². The van der Waals surface area contributed by atoms with Crippen LogP contribution in [-0.4, -0.2) is 23.9 Å². The topological polar surface area (TPSA) is 44.1 Å². The van der Waals surface area contributed by atoms with Crippen LogP contribution >= 0.6 is 24.0 Å². The molecule has 0 saturated heterocycles. The first-order chi connectivity index (χ1) is 7.19. The molecule has 80 valence electrons. The van der Waals surface area contributed by atoms with Gasteiger partial charge in [0.2, 0.25) is 0 Å². The molecule has 0 aliphatic carbocycles. The molecular formula is C10H12N2OS2. The molecule has 0 saturated carbocycles. The normalized spacial score (nSPS) is 9.67. The number of nitriles is 1. The van der Waals surface area contributed by atoms with Gasteiger partial charge in [-0.3, -0.25) is 4.79 Å². The molecule has 1 amide bonds. The lowest BCUT2D eigenvalue weighted by molar-refractivity contribution is 0.0772. The average molecular weight is 240 g/mol. The predicted octanol–water partition coefficient (Wildman–Crippen LogP) is 2.41. The van der Waals surface area contributed by atoms with Crippen molar-refractivity contribution in [1.29, 1.82) is 5.26 Å².